The smallest absolute Gasteiger partial charge is 0.306 e. The molecular weight excluding hydrogens is 234 g/mol. The van der Waals surface area contributed by atoms with Crippen LogP contribution in [-0.2, 0) is 4.79 Å². The number of rotatable bonds is 4. The molecule has 1 saturated heterocycles. The maximum atomic E-state index is 10.9. The minimum atomic E-state index is -0.609. The predicted molar refractivity (Wildman–Crippen MR) is 71.5 cm³/mol. The molecule has 2 rings (SSSR count). The van der Waals surface area contributed by atoms with Crippen molar-refractivity contribution in [2.24, 2.45) is 5.92 Å². The van der Waals surface area contributed by atoms with Crippen LogP contribution in [0, 0.1) is 5.92 Å². The Labute approximate surface area is 108 Å². The largest absolute Gasteiger partial charge is 0.481 e. The zero-order valence-electron chi connectivity index (χ0n) is 10.6. The molecule has 1 aliphatic heterocycles. The van der Waals surface area contributed by atoms with Gasteiger partial charge in [0.25, 0.3) is 0 Å². The Bertz CT molecular complexity index is 269. The SMILES string of the molecule is CC1(CNC2CCC(C(=O)O)CC2)CCCS1. The van der Waals surface area contributed by atoms with Crippen LogP contribution in [0.1, 0.15) is 45.4 Å². The summed E-state index contributed by atoms with van der Waals surface area (Å²) in [6, 6.07) is 0.545. The summed E-state index contributed by atoms with van der Waals surface area (Å²) in [5.74, 6) is 0.593. The van der Waals surface area contributed by atoms with Gasteiger partial charge in [0, 0.05) is 17.3 Å². The number of carboxylic acids is 1. The highest BCUT2D eigenvalue weighted by Gasteiger charge is 2.31. The van der Waals surface area contributed by atoms with Gasteiger partial charge in [-0.2, -0.15) is 11.8 Å². The number of carbonyl (C=O) groups is 1. The van der Waals surface area contributed by atoms with Gasteiger partial charge in [0.2, 0.25) is 0 Å². The minimum absolute atomic E-state index is 0.0931. The van der Waals surface area contributed by atoms with Crippen LogP contribution in [0.3, 0.4) is 0 Å². The van der Waals surface area contributed by atoms with Crippen LogP contribution in [0.4, 0.5) is 0 Å². The van der Waals surface area contributed by atoms with Gasteiger partial charge in [-0.3, -0.25) is 4.79 Å². The van der Waals surface area contributed by atoms with Crippen molar-refractivity contribution in [1.82, 2.24) is 5.32 Å². The number of nitrogens with one attached hydrogen (secondary N) is 1. The summed E-state index contributed by atoms with van der Waals surface area (Å²) >= 11 is 2.08. The van der Waals surface area contributed by atoms with Gasteiger partial charge >= 0.3 is 5.97 Å². The first kappa shape index (κ1) is 13.2. The van der Waals surface area contributed by atoms with Gasteiger partial charge in [-0.1, -0.05) is 0 Å². The first-order valence-electron chi connectivity index (χ1n) is 6.69. The monoisotopic (exact) mass is 257 g/mol. The average molecular weight is 257 g/mol. The van der Waals surface area contributed by atoms with Crippen LogP contribution >= 0.6 is 11.8 Å². The highest BCUT2D eigenvalue weighted by atomic mass is 32.2. The number of hydrogen-bond donors (Lipinski definition) is 2. The third-order valence-electron chi connectivity index (χ3n) is 4.14. The molecule has 3 nitrogen and oxygen atoms in total. The lowest BCUT2D eigenvalue weighted by molar-refractivity contribution is -0.142. The molecule has 0 aromatic heterocycles. The third kappa shape index (κ3) is 3.62. The highest BCUT2D eigenvalue weighted by molar-refractivity contribution is 8.00. The number of carboxylic acid groups (broad SMARTS) is 1. The zero-order chi connectivity index (χ0) is 12.3. The fraction of sp³-hybridized carbons (Fsp3) is 0.923. The minimum Gasteiger partial charge on any atom is -0.481 e. The van der Waals surface area contributed by atoms with Crippen molar-refractivity contribution in [3.05, 3.63) is 0 Å². The number of hydrogen-bond acceptors (Lipinski definition) is 3. The van der Waals surface area contributed by atoms with E-state index in [1.807, 2.05) is 0 Å². The molecule has 1 unspecified atom stereocenters. The number of aliphatic carboxylic acids is 1. The first-order chi connectivity index (χ1) is 8.09. The number of thioether (sulfide) groups is 1. The molecule has 0 aromatic carbocycles. The predicted octanol–water partition coefficient (Wildman–Crippen LogP) is 2.51. The van der Waals surface area contributed by atoms with E-state index in [0.717, 1.165) is 32.2 Å². The molecule has 1 saturated carbocycles. The van der Waals surface area contributed by atoms with Crippen molar-refractivity contribution < 1.29 is 9.90 Å². The van der Waals surface area contributed by atoms with E-state index in [2.05, 4.69) is 24.0 Å². The summed E-state index contributed by atoms with van der Waals surface area (Å²) in [6.45, 7) is 3.43. The standard InChI is InChI=1S/C13H23NO2S/c1-13(7-2-8-17-13)9-14-11-5-3-10(4-6-11)12(15)16/h10-11,14H,2-9H2,1H3,(H,15,16). The van der Waals surface area contributed by atoms with Crippen LogP contribution in [0.2, 0.25) is 0 Å². The normalized spacial score (nSPS) is 38.2. The van der Waals surface area contributed by atoms with Gasteiger partial charge < -0.3 is 10.4 Å². The lowest BCUT2D eigenvalue weighted by Gasteiger charge is -2.31. The lowest BCUT2D eigenvalue weighted by atomic mass is 9.86. The molecule has 2 N–H and O–H groups in total. The summed E-state index contributed by atoms with van der Waals surface area (Å²) < 4.78 is 0.420. The molecule has 1 aliphatic carbocycles. The van der Waals surface area contributed by atoms with E-state index in [0.29, 0.717) is 10.8 Å². The van der Waals surface area contributed by atoms with Crippen molar-refractivity contribution >= 4 is 17.7 Å². The van der Waals surface area contributed by atoms with E-state index in [-0.39, 0.29) is 5.92 Å². The fourth-order valence-electron chi connectivity index (χ4n) is 2.88. The highest BCUT2D eigenvalue weighted by Crippen LogP contribution is 2.37. The topological polar surface area (TPSA) is 49.3 Å². The van der Waals surface area contributed by atoms with Gasteiger partial charge in [0.05, 0.1) is 5.92 Å². The van der Waals surface area contributed by atoms with Crippen LogP contribution in [-0.4, -0.2) is 34.2 Å². The molecule has 98 valence electrons. The van der Waals surface area contributed by atoms with Gasteiger partial charge in [0.15, 0.2) is 0 Å². The van der Waals surface area contributed by atoms with Crippen molar-refractivity contribution in [3.8, 4) is 0 Å². The summed E-state index contributed by atoms with van der Waals surface area (Å²) in [7, 11) is 0. The van der Waals surface area contributed by atoms with Crippen molar-refractivity contribution in [2.45, 2.75) is 56.2 Å². The quantitative estimate of drug-likeness (QED) is 0.812. The van der Waals surface area contributed by atoms with E-state index < -0.39 is 5.97 Å². The molecular formula is C13H23NO2S. The van der Waals surface area contributed by atoms with Crippen LogP contribution in [0.5, 0.6) is 0 Å². The van der Waals surface area contributed by atoms with Gasteiger partial charge in [-0.15, -0.1) is 0 Å². The van der Waals surface area contributed by atoms with Crippen molar-refractivity contribution in [2.75, 3.05) is 12.3 Å². The van der Waals surface area contributed by atoms with E-state index in [4.69, 9.17) is 5.11 Å². The molecule has 4 heteroatoms. The summed E-state index contributed by atoms with van der Waals surface area (Å²) in [5, 5.41) is 12.6. The second-order valence-corrected chi connectivity index (χ2v) is 7.35. The molecule has 2 aliphatic rings. The second-order valence-electron chi connectivity index (χ2n) is 5.67. The Hall–Kier alpha value is -0.220. The van der Waals surface area contributed by atoms with E-state index in [9.17, 15) is 4.79 Å². The second kappa shape index (κ2) is 5.61. The summed E-state index contributed by atoms with van der Waals surface area (Å²) in [4.78, 5) is 10.9. The Morgan fingerprint density at radius 3 is 2.65 bits per heavy atom. The van der Waals surface area contributed by atoms with Gasteiger partial charge in [-0.25, -0.2) is 0 Å². The van der Waals surface area contributed by atoms with Crippen LogP contribution < -0.4 is 5.32 Å². The molecule has 1 heterocycles. The molecule has 0 amide bonds. The molecule has 17 heavy (non-hydrogen) atoms. The maximum Gasteiger partial charge on any atom is 0.306 e. The molecule has 1 atom stereocenters. The Morgan fingerprint density at radius 1 is 1.41 bits per heavy atom. The van der Waals surface area contributed by atoms with E-state index >= 15 is 0 Å². The van der Waals surface area contributed by atoms with Gasteiger partial charge in [-0.05, 0) is 51.2 Å². The van der Waals surface area contributed by atoms with Gasteiger partial charge in [0.1, 0.15) is 0 Å². The zero-order valence-corrected chi connectivity index (χ0v) is 11.4. The lowest BCUT2D eigenvalue weighted by Crippen LogP contribution is -2.41. The summed E-state index contributed by atoms with van der Waals surface area (Å²) in [6.07, 6.45) is 6.40. The van der Waals surface area contributed by atoms with Crippen molar-refractivity contribution in [1.29, 1.82) is 0 Å². The molecule has 0 bridgehead atoms. The Morgan fingerprint density at radius 2 is 2.12 bits per heavy atom. The Kier molecular flexibility index (Phi) is 4.36. The van der Waals surface area contributed by atoms with E-state index in [1.165, 1.54) is 18.6 Å². The Balaban J connectivity index is 1.69. The maximum absolute atomic E-state index is 10.9. The summed E-state index contributed by atoms with van der Waals surface area (Å²) in [5.41, 5.74) is 0. The fourth-order valence-corrected chi connectivity index (χ4v) is 4.14. The van der Waals surface area contributed by atoms with Crippen LogP contribution in [0.25, 0.3) is 0 Å². The third-order valence-corrected chi connectivity index (χ3v) is 5.68. The van der Waals surface area contributed by atoms with Crippen LogP contribution in [0.15, 0.2) is 0 Å². The molecule has 0 aromatic rings. The molecule has 0 radical (unpaired) electrons. The van der Waals surface area contributed by atoms with Crippen molar-refractivity contribution in [3.63, 3.8) is 0 Å². The first-order valence-corrected chi connectivity index (χ1v) is 7.68. The van der Waals surface area contributed by atoms with E-state index in [1.54, 1.807) is 0 Å². The average Bonchev–Trinajstić information content (AvgIpc) is 2.75. The molecule has 2 fully saturated rings. The molecule has 0 spiro atoms.